The Bertz CT molecular complexity index is 738. The van der Waals surface area contributed by atoms with Crippen LogP contribution in [0.1, 0.15) is 34.7 Å². The highest BCUT2D eigenvalue weighted by molar-refractivity contribution is 7.85. The third kappa shape index (κ3) is 3.41. The van der Waals surface area contributed by atoms with Crippen LogP contribution in [-0.2, 0) is 15.5 Å². The van der Waals surface area contributed by atoms with Crippen molar-refractivity contribution in [2.75, 3.05) is 38.6 Å². The number of rotatable bonds is 6. The van der Waals surface area contributed by atoms with Crippen LogP contribution in [0.25, 0.3) is 0 Å². The van der Waals surface area contributed by atoms with Gasteiger partial charge in [-0.15, -0.1) is 0 Å². The molecule has 26 heavy (non-hydrogen) atoms. The van der Waals surface area contributed by atoms with Gasteiger partial charge in [-0.1, -0.05) is 6.07 Å². The van der Waals surface area contributed by atoms with E-state index in [4.69, 9.17) is 9.39 Å². The molecular formula is C17H22BNO6S. The normalized spacial score (nSPS) is 25.8. The first-order chi connectivity index (χ1) is 12.6. The molecule has 2 fully saturated rings. The summed E-state index contributed by atoms with van der Waals surface area (Å²) in [5, 5.41) is 19.6. The van der Waals surface area contributed by atoms with Crippen molar-refractivity contribution in [1.29, 1.82) is 0 Å². The van der Waals surface area contributed by atoms with Crippen LogP contribution in [0, 0.1) is 0 Å². The number of carboxylic acids is 1. The molecule has 9 heteroatoms. The van der Waals surface area contributed by atoms with Crippen molar-refractivity contribution in [3.63, 3.8) is 0 Å². The van der Waals surface area contributed by atoms with Gasteiger partial charge in [-0.2, -0.15) is 0 Å². The van der Waals surface area contributed by atoms with Crippen molar-refractivity contribution >= 4 is 23.9 Å². The SMILES string of the molecule is O=C(O)c1c(S(=O)CCCN2CCOCC2)ccc2c1OB(O)C1CC21. The number of carboxylic acid groups (broad SMARTS) is 1. The standard InChI is InChI=1S/C17H22BNO6S/c20-17(21)15-14(26(23)9-1-4-19-5-7-24-8-6-19)3-2-11-12-10-13(12)18(22)25-16(11)15/h2-3,12-13,22H,1,4-10H2,(H,20,21). The van der Waals surface area contributed by atoms with E-state index < -0.39 is 23.9 Å². The highest BCUT2D eigenvalue weighted by atomic mass is 32.2. The molecule has 0 amide bonds. The van der Waals surface area contributed by atoms with Gasteiger partial charge in [0.2, 0.25) is 0 Å². The molecule has 0 radical (unpaired) electrons. The Kier molecular flexibility index (Phi) is 5.05. The van der Waals surface area contributed by atoms with E-state index in [0.29, 0.717) is 5.75 Å². The zero-order valence-electron chi connectivity index (χ0n) is 14.4. The maximum atomic E-state index is 12.8. The molecule has 3 unspecified atom stereocenters. The van der Waals surface area contributed by atoms with Crippen LogP contribution < -0.4 is 4.65 Å². The van der Waals surface area contributed by atoms with E-state index >= 15 is 0 Å². The van der Waals surface area contributed by atoms with E-state index in [-0.39, 0.29) is 27.9 Å². The number of hydrogen-bond acceptors (Lipinski definition) is 6. The summed E-state index contributed by atoms with van der Waals surface area (Å²) in [6.07, 6.45) is 1.52. The molecule has 1 aromatic rings. The number of fused-ring (bicyclic) bond motifs is 3. The number of hydrogen-bond donors (Lipinski definition) is 2. The van der Waals surface area contributed by atoms with E-state index in [0.717, 1.165) is 51.3 Å². The fourth-order valence-electron chi connectivity index (χ4n) is 3.84. The zero-order chi connectivity index (χ0) is 18.3. The molecule has 7 nitrogen and oxygen atoms in total. The second-order valence-electron chi connectivity index (χ2n) is 7.03. The zero-order valence-corrected chi connectivity index (χ0v) is 15.2. The van der Waals surface area contributed by atoms with Crippen molar-refractivity contribution in [3.8, 4) is 5.75 Å². The Labute approximate surface area is 154 Å². The molecule has 0 spiro atoms. The molecule has 0 bridgehead atoms. The van der Waals surface area contributed by atoms with Crippen LogP contribution in [0.15, 0.2) is 17.0 Å². The van der Waals surface area contributed by atoms with Gasteiger partial charge in [0.1, 0.15) is 11.3 Å². The first-order valence-electron chi connectivity index (χ1n) is 8.99. The summed E-state index contributed by atoms with van der Waals surface area (Å²) in [6, 6.07) is 3.47. The minimum atomic E-state index is -1.43. The number of aromatic carboxylic acids is 1. The molecule has 1 aromatic carbocycles. The summed E-state index contributed by atoms with van der Waals surface area (Å²) < 4.78 is 23.6. The van der Waals surface area contributed by atoms with E-state index in [1.54, 1.807) is 6.07 Å². The van der Waals surface area contributed by atoms with Crippen LogP contribution in [0.3, 0.4) is 0 Å². The molecule has 1 saturated heterocycles. The lowest BCUT2D eigenvalue weighted by Crippen LogP contribution is -2.37. The Balaban J connectivity index is 1.49. The Hall–Kier alpha value is -1.42. The molecule has 1 saturated carbocycles. The fourth-order valence-corrected chi connectivity index (χ4v) is 5.08. The van der Waals surface area contributed by atoms with Gasteiger partial charge < -0.3 is 19.5 Å². The quantitative estimate of drug-likeness (QED) is 0.711. The number of benzene rings is 1. The lowest BCUT2D eigenvalue weighted by molar-refractivity contribution is 0.0381. The molecule has 2 heterocycles. The van der Waals surface area contributed by atoms with E-state index in [2.05, 4.69) is 4.90 Å². The third-order valence-electron chi connectivity index (χ3n) is 5.36. The maximum Gasteiger partial charge on any atom is 0.526 e. The molecule has 140 valence electrons. The van der Waals surface area contributed by atoms with Gasteiger partial charge in [-0.3, -0.25) is 9.11 Å². The fraction of sp³-hybridized carbons (Fsp3) is 0.588. The summed E-state index contributed by atoms with van der Waals surface area (Å²) in [7, 11) is -2.40. The maximum absolute atomic E-state index is 12.8. The lowest BCUT2D eigenvalue weighted by atomic mass is 9.77. The van der Waals surface area contributed by atoms with E-state index in [1.807, 2.05) is 6.07 Å². The molecular weight excluding hydrogens is 357 g/mol. The van der Waals surface area contributed by atoms with Gasteiger partial charge in [0, 0.05) is 24.7 Å². The van der Waals surface area contributed by atoms with Crippen LogP contribution in [-0.4, -0.2) is 70.9 Å². The molecule has 3 aliphatic rings. The number of morpholine rings is 1. The van der Waals surface area contributed by atoms with Gasteiger partial charge in [0.05, 0.1) is 28.9 Å². The van der Waals surface area contributed by atoms with E-state index in [1.165, 1.54) is 0 Å². The van der Waals surface area contributed by atoms with Crippen LogP contribution >= 0.6 is 0 Å². The average molecular weight is 379 g/mol. The number of nitrogens with zero attached hydrogens (tertiary/aromatic N) is 1. The van der Waals surface area contributed by atoms with Crippen molar-refractivity contribution in [2.45, 2.75) is 29.5 Å². The second-order valence-corrected chi connectivity index (χ2v) is 8.57. The summed E-state index contributed by atoms with van der Waals surface area (Å²) in [6.45, 7) is 4.01. The van der Waals surface area contributed by atoms with Gasteiger partial charge in [-0.05, 0) is 36.9 Å². The van der Waals surface area contributed by atoms with Crippen LogP contribution in [0.2, 0.25) is 5.82 Å². The predicted octanol–water partition coefficient (Wildman–Crippen LogP) is 0.945. The lowest BCUT2D eigenvalue weighted by Gasteiger charge is -2.26. The largest absolute Gasteiger partial charge is 0.535 e. The smallest absolute Gasteiger partial charge is 0.526 e. The number of ether oxygens (including phenoxy) is 1. The summed E-state index contributed by atoms with van der Waals surface area (Å²) in [5.74, 6) is -0.373. The highest BCUT2D eigenvalue weighted by Gasteiger charge is 2.54. The highest BCUT2D eigenvalue weighted by Crippen LogP contribution is 2.60. The monoisotopic (exact) mass is 379 g/mol. The Morgan fingerprint density at radius 3 is 2.85 bits per heavy atom. The van der Waals surface area contributed by atoms with Crippen LogP contribution in [0.4, 0.5) is 0 Å². The molecule has 2 N–H and O–H groups in total. The molecule has 1 aliphatic carbocycles. The third-order valence-corrected chi connectivity index (χ3v) is 6.85. The van der Waals surface area contributed by atoms with Crippen molar-refractivity contribution in [1.82, 2.24) is 4.90 Å². The van der Waals surface area contributed by atoms with Crippen molar-refractivity contribution < 1.29 is 28.5 Å². The number of carbonyl (C=O) groups is 1. The van der Waals surface area contributed by atoms with Gasteiger partial charge in [0.25, 0.3) is 0 Å². The Morgan fingerprint density at radius 1 is 1.35 bits per heavy atom. The molecule has 0 aromatic heterocycles. The minimum Gasteiger partial charge on any atom is -0.535 e. The summed E-state index contributed by atoms with van der Waals surface area (Å²) in [5.41, 5.74) is 0.753. The summed E-state index contributed by atoms with van der Waals surface area (Å²) in [4.78, 5) is 14.4. The van der Waals surface area contributed by atoms with Crippen molar-refractivity contribution in [2.24, 2.45) is 0 Å². The minimum absolute atomic E-state index is 0.0500. The first kappa shape index (κ1) is 18.0. The topological polar surface area (TPSA) is 96.3 Å². The first-order valence-corrected chi connectivity index (χ1v) is 10.3. The molecule has 4 rings (SSSR count). The van der Waals surface area contributed by atoms with Crippen molar-refractivity contribution in [3.05, 3.63) is 23.3 Å². The second kappa shape index (κ2) is 7.30. The predicted molar refractivity (Wildman–Crippen MR) is 96.3 cm³/mol. The van der Waals surface area contributed by atoms with E-state index in [9.17, 15) is 19.1 Å². The molecule has 2 aliphatic heterocycles. The van der Waals surface area contributed by atoms with Gasteiger partial charge in [-0.25, -0.2) is 4.79 Å². The Morgan fingerprint density at radius 2 is 2.12 bits per heavy atom. The van der Waals surface area contributed by atoms with Gasteiger partial charge >= 0.3 is 13.1 Å². The average Bonchev–Trinajstić information content (AvgIpc) is 3.43. The molecule has 3 atom stereocenters. The van der Waals surface area contributed by atoms with Gasteiger partial charge in [0.15, 0.2) is 0 Å². The van der Waals surface area contributed by atoms with Crippen LogP contribution in [0.5, 0.6) is 5.75 Å². The summed E-state index contributed by atoms with van der Waals surface area (Å²) >= 11 is 0.